The van der Waals surface area contributed by atoms with Crippen molar-refractivity contribution in [3.8, 4) is 11.5 Å². The van der Waals surface area contributed by atoms with Crippen LogP contribution in [0.2, 0.25) is 0 Å². The molecule has 0 radical (unpaired) electrons. The average Bonchev–Trinajstić information content (AvgIpc) is 3.06. The summed E-state index contributed by atoms with van der Waals surface area (Å²) < 4.78 is 38.7. The van der Waals surface area contributed by atoms with Gasteiger partial charge in [0.1, 0.15) is 0 Å². The third-order valence-corrected chi connectivity index (χ3v) is 7.32. The van der Waals surface area contributed by atoms with Crippen molar-refractivity contribution in [3.63, 3.8) is 0 Å². The number of rotatable bonds is 9. The highest BCUT2D eigenvalue weighted by Crippen LogP contribution is 2.31. The molecule has 0 saturated heterocycles. The quantitative estimate of drug-likeness (QED) is 0.542. The standard InChI is InChI=1S/C24H31N3O5S/c28-24(25-11-3-13-27-14-10-19-5-1-2-6-20(19)18-27)9-12-26-33(29,30)21-7-8-22-23(17-21)32-16-4-15-31-22/h1-2,5-8,17,26H,3-4,9-16,18H2,(H,25,28). The number of hydrogen-bond acceptors (Lipinski definition) is 6. The van der Waals surface area contributed by atoms with Gasteiger partial charge in [0.2, 0.25) is 15.9 Å². The van der Waals surface area contributed by atoms with Crippen molar-refractivity contribution in [1.29, 1.82) is 0 Å². The first-order valence-electron chi connectivity index (χ1n) is 11.5. The van der Waals surface area contributed by atoms with E-state index in [-0.39, 0.29) is 23.8 Å². The molecule has 4 rings (SSSR count). The molecule has 0 bridgehead atoms. The van der Waals surface area contributed by atoms with Gasteiger partial charge in [-0.3, -0.25) is 9.69 Å². The smallest absolute Gasteiger partial charge is 0.240 e. The second-order valence-corrected chi connectivity index (χ2v) is 10.1. The van der Waals surface area contributed by atoms with Crippen LogP contribution in [0.3, 0.4) is 0 Å². The van der Waals surface area contributed by atoms with Gasteiger partial charge < -0.3 is 14.8 Å². The number of carbonyl (C=O) groups is 1. The summed E-state index contributed by atoms with van der Waals surface area (Å²) in [5, 5.41) is 2.88. The SMILES string of the molecule is O=C(CCNS(=O)(=O)c1ccc2c(c1)OCCCO2)NCCCN1CCc2ccccc2C1. The summed E-state index contributed by atoms with van der Waals surface area (Å²) in [4.78, 5) is 14.6. The molecule has 1 amide bonds. The molecule has 0 fully saturated rings. The lowest BCUT2D eigenvalue weighted by Crippen LogP contribution is -2.34. The van der Waals surface area contributed by atoms with Crippen LogP contribution in [0.25, 0.3) is 0 Å². The van der Waals surface area contributed by atoms with Crippen LogP contribution in [0, 0.1) is 0 Å². The minimum absolute atomic E-state index is 0.0333. The number of hydrogen-bond donors (Lipinski definition) is 2. The second kappa shape index (κ2) is 11.0. The monoisotopic (exact) mass is 473 g/mol. The minimum Gasteiger partial charge on any atom is -0.490 e. The van der Waals surface area contributed by atoms with Gasteiger partial charge in [-0.05, 0) is 36.1 Å². The number of benzene rings is 2. The van der Waals surface area contributed by atoms with Crippen LogP contribution in [-0.4, -0.2) is 58.6 Å². The van der Waals surface area contributed by atoms with Crippen molar-refractivity contribution in [2.24, 2.45) is 0 Å². The van der Waals surface area contributed by atoms with E-state index in [2.05, 4.69) is 39.2 Å². The third kappa shape index (κ3) is 6.46. The number of fused-ring (bicyclic) bond motifs is 2. The van der Waals surface area contributed by atoms with E-state index in [4.69, 9.17) is 9.47 Å². The van der Waals surface area contributed by atoms with E-state index in [0.29, 0.717) is 31.3 Å². The summed E-state index contributed by atoms with van der Waals surface area (Å²) in [5.41, 5.74) is 2.81. The van der Waals surface area contributed by atoms with E-state index >= 15 is 0 Å². The van der Waals surface area contributed by atoms with Crippen molar-refractivity contribution in [2.75, 3.05) is 39.4 Å². The van der Waals surface area contributed by atoms with Gasteiger partial charge in [-0.15, -0.1) is 0 Å². The van der Waals surface area contributed by atoms with Crippen molar-refractivity contribution in [1.82, 2.24) is 14.9 Å². The Morgan fingerprint density at radius 2 is 1.79 bits per heavy atom. The second-order valence-electron chi connectivity index (χ2n) is 8.31. The molecule has 33 heavy (non-hydrogen) atoms. The Balaban J connectivity index is 1.15. The Morgan fingerprint density at radius 3 is 2.64 bits per heavy atom. The van der Waals surface area contributed by atoms with Gasteiger partial charge >= 0.3 is 0 Å². The molecule has 0 unspecified atom stereocenters. The molecule has 2 N–H and O–H groups in total. The number of carbonyl (C=O) groups excluding carboxylic acids is 1. The summed E-state index contributed by atoms with van der Waals surface area (Å²) in [6, 6.07) is 13.1. The maximum Gasteiger partial charge on any atom is 0.240 e. The largest absolute Gasteiger partial charge is 0.490 e. The Kier molecular flexibility index (Phi) is 7.85. The Bertz CT molecular complexity index is 1070. The van der Waals surface area contributed by atoms with Crippen molar-refractivity contribution in [3.05, 3.63) is 53.6 Å². The number of amides is 1. The summed E-state index contributed by atoms with van der Waals surface area (Å²) in [6.45, 7) is 4.54. The number of nitrogens with one attached hydrogen (secondary N) is 2. The molecule has 9 heteroatoms. The zero-order valence-electron chi connectivity index (χ0n) is 18.7. The highest BCUT2D eigenvalue weighted by atomic mass is 32.2. The summed E-state index contributed by atoms with van der Waals surface area (Å²) >= 11 is 0. The first-order valence-corrected chi connectivity index (χ1v) is 12.9. The number of nitrogens with zero attached hydrogens (tertiary/aromatic N) is 1. The number of ether oxygens (including phenoxy) is 2. The van der Waals surface area contributed by atoms with Gasteiger partial charge in [0.05, 0.1) is 18.1 Å². The maximum atomic E-state index is 12.6. The van der Waals surface area contributed by atoms with Crippen molar-refractivity contribution < 1.29 is 22.7 Å². The van der Waals surface area contributed by atoms with Crippen LogP contribution in [0.4, 0.5) is 0 Å². The molecule has 0 aromatic heterocycles. The first-order chi connectivity index (χ1) is 16.0. The Morgan fingerprint density at radius 1 is 1.00 bits per heavy atom. The van der Waals surface area contributed by atoms with Crippen molar-refractivity contribution >= 4 is 15.9 Å². The predicted octanol–water partition coefficient (Wildman–Crippen LogP) is 2.08. The van der Waals surface area contributed by atoms with E-state index in [9.17, 15) is 13.2 Å². The highest BCUT2D eigenvalue weighted by Gasteiger charge is 2.19. The summed E-state index contributed by atoms with van der Waals surface area (Å²) in [6.07, 6.45) is 2.75. The summed E-state index contributed by atoms with van der Waals surface area (Å²) in [7, 11) is -3.74. The van der Waals surface area contributed by atoms with Crippen LogP contribution in [-0.2, 0) is 27.8 Å². The van der Waals surface area contributed by atoms with Gasteiger partial charge in [0.25, 0.3) is 0 Å². The molecule has 178 valence electrons. The Labute approximate surface area is 195 Å². The minimum atomic E-state index is -3.74. The van der Waals surface area contributed by atoms with Gasteiger partial charge in [0.15, 0.2) is 11.5 Å². The molecule has 8 nitrogen and oxygen atoms in total. The lowest BCUT2D eigenvalue weighted by molar-refractivity contribution is -0.120. The van der Waals surface area contributed by atoms with Gasteiger partial charge in [-0.25, -0.2) is 13.1 Å². The molecule has 2 aromatic rings. The topological polar surface area (TPSA) is 97.0 Å². The maximum absolute atomic E-state index is 12.6. The van der Waals surface area contributed by atoms with Crippen molar-refractivity contribution in [2.45, 2.75) is 37.1 Å². The molecular formula is C24H31N3O5S. The van der Waals surface area contributed by atoms with Gasteiger partial charge in [-0.2, -0.15) is 0 Å². The predicted molar refractivity (Wildman–Crippen MR) is 125 cm³/mol. The molecule has 2 aliphatic heterocycles. The van der Waals surface area contributed by atoms with E-state index in [1.807, 2.05) is 0 Å². The first kappa shape index (κ1) is 23.5. The molecule has 2 aromatic carbocycles. The summed E-state index contributed by atoms with van der Waals surface area (Å²) in [5.74, 6) is 0.797. The molecule has 0 atom stereocenters. The van der Waals surface area contributed by atoms with Crippen LogP contribution in [0.1, 0.15) is 30.4 Å². The highest BCUT2D eigenvalue weighted by molar-refractivity contribution is 7.89. The zero-order valence-corrected chi connectivity index (χ0v) is 19.5. The van der Waals surface area contributed by atoms with Crippen LogP contribution in [0.5, 0.6) is 11.5 Å². The molecule has 0 saturated carbocycles. The third-order valence-electron chi connectivity index (χ3n) is 5.86. The fourth-order valence-corrected chi connectivity index (χ4v) is 5.10. The fourth-order valence-electron chi connectivity index (χ4n) is 4.06. The average molecular weight is 474 g/mol. The van der Waals surface area contributed by atoms with E-state index in [1.165, 1.54) is 23.3 Å². The molecule has 2 aliphatic rings. The molecule has 0 spiro atoms. The molecular weight excluding hydrogens is 442 g/mol. The molecule has 2 heterocycles. The van der Waals surface area contributed by atoms with E-state index < -0.39 is 10.0 Å². The fraction of sp³-hybridized carbons (Fsp3) is 0.458. The lowest BCUT2D eigenvalue weighted by atomic mass is 10.00. The Hall–Kier alpha value is -2.62. The van der Waals surface area contributed by atoms with E-state index in [1.54, 1.807) is 6.07 Å². The van der Waals surface area contributed by atoms with E-state index in [0.717, 1.165) is 38.9 Å². The normalized spacial score (nSPS) is 16.0. The zero-order chi connectivity index (χ0) is 23.1. The van der Waals surface area contributed by atoms with Gasteiger partial charge in [0, 0.05) is 51.6 Å². The van der Waals surface area contributed by atoms with Crippen LogP contribution in [0.15, 0.2) is 47.4 Å². The van der Waals surface area contributed by atoms with Gasteiger partial charge in [-0.1, -0.05) is 24.3 Å². The number of sulfonamides is 1. The van der Waals surface area contributed by atoms with Crippen LogP contribution < -0.4 is 19.5 Å². The lowest BCUT2D eigenvalue weighted by Gasteiger charge is -2.28. The molecule has 0 aliphatic carbocycles. The van der Waals surface area contributed by atoms with Crippen LogP contribution >= 0.6 is 0 Å².